The lowest BCUT2D eigenvalue weighted by atomic mass is 9.95. The van der Waals surface area contributed by atoms with Crippen LogP contribution in [-0.4, -0.2) is 35.3 Å². The topological polar surface area (TPSA) is 68.5 Å². The van der Waals surface area contributed by atoms with Crippen LogP contribution in [0.3, 0.4) is 0 Å². The number of rotatable bonds is 7. The van der Waals surface area contributed by atoms with Crippen molar-refractivity contribution >= 4 is 29.0 Å². The minimum Gasteiger partial charge on any atom is -0.394 e. The fraction of sp³-hybridized carbons (Fsp3) is 0.333. The van der Waals surface area contributed by atoms with Crippen LogP contribution in [0, 0.1) is 6.92 Å². The van der Waals surface area contributed by atoms with E-state index >= 15 is 0 Å². The van der Waals surface area contributed by atoms with Gasteiger partial charge in [-0.05, 0) is 30.2 Å². The predicted octanol–water partition coefficient (Wildman–Crippen LogP) is 2.78. The first-order valence-electron chi connectivity index (χ1n) is 7.70. The maximum atomic E-state index is 12.5. The van der Waals surface area contributed by atoms with Crippen LogP contribution in [-0.2, 0) is 18.2 Å². The van der Waals surface area contributed by atoms with E-state index in [1.54, 1.807) is 32.2 Å². The number of ether oxygens (including phenoxy) is 1. The molecule has 0 aliphatic heterocycles. The molecule has 2 rings (SSSR count). The summed E-state index contributed by atoms with van der Waals surface area (Å²) in [5.41, 5.74) is 2.11. The fourth-order valence-electron chi connectivity index (χ4n) is 2.56. The molecule has 0 unspecified atom stereocenters. The van der Waals surface area contributed by atoms with Crippen LogP contribution in [0.5, 0.6) is 0 Å². The molecule has 0 spiro atoms. The predicted molar refractivity (Wildman–Crippen MR) is 97.9 cm³/mol. The number of carbonyl (C=O) groups excluding carboxylic acids is 1. The first-order valence-corrected chi connectivity index (χ1v) is 8.45. The lowest BCUT2D eigenvalue weighted by molar-refractivity contribution is 0.0662. The smallest absolute Gasteiger partial charge is 0.253 e. The molecule has 0 bridgehead atoms. The van der Waals surface area contributed by atoms with E-state index in [0.717, 1.165) is 5.56 Å². The molecule has 2 aromatic rings. The number of ketones is 1. The fourth-order valence-corrected chi connectivity index (χ4v) is 3.03. The number of hydrogen-bond acceptors (Lipinski definition) is 4. The highest BCUT2D eigenvalue weighted by molar-refractivity contribution is 6.35. The number of aromatic nitrogens is 1. The van der Waals surface area contributed by atoms with Crippen molar-refractivity contribution in [1.29, 1.82) is 0 Å². The molecule has 0 aliphatic carbocycles. The first kappa shape index (κ1) is 19.7. The third-order valence-electron chi connectivity index (χ3n) is 3.89. The van der Waals surface area contributed by atoms with Gasteiger partial charge in [-0.25, -0.2) is 0 Å². The van der Waals surface area contributed by atoms with Crippen LogP contribution in [0.4, 0.5) is 0 Å². The number of aryl methyl sites for hydroxylation is 1. The van der Waals surface area contributed by atoms with E-state index in [-0.39, 0.29) is 31.2 Å². The Kier molecular flexibility index (Phi) is 6.79. The highest BCUT2D eigenvalue weighted by atomic mass is 35.5. The molecule has 0 aliphatic rings. The van der Waals surface area contributed by atoms with Crippen molar-refractivity contribution in [2.75, 3.05) is 19.8 Å². The summed E-state index contributed by atoms with van der Waals surface area (Å²) in [7, 11) is 1.60. The zero-order chi connectivity index (χ0) is 18.6. The molecule has 1 aromatic carbocycles. The van der Waals surface area contributed by atoms with Crippen molar-refractivity contribution in [3.05, 3.63) is 67.0 Å². The molecule has 134 valence electrons. The Hall–Kier alpha value is -1.66. The van der Waals surface area contributed by atoms with Crippen molar-refractivity contribution < 1.29 is 14.6 Å². The van der Waals surface area contributed by atoms with Gasteiger partial charge >= 0.3 is 0 Å². The summed E-state index contributed by atoms with van der Waals surface area (Å²) < 4.78 is 6.50. The minimum absolute atomic E-state index is 0.0782. The van der Waals surface area contributed by atoms with Crippen molar-refractivity contribution in [3.8, 4) is 0 Å². The Morgan fingerprint density at radius 1 is 1.32 bits per heavy atom. The highest BCUT2D eigenvalue weighted by Gasteiger charge is 2.18. The maximum Gasteiger partial charge on any atom is 0.253 e. The van der Waals surface area contributed by atoms with Gasteiger partial charge in [0.2, 0.25) is 0 Å². The summed E-state index contributed by atoms with van der Waals surface area (Å²) in [5, 5.41) is 9.76. The number of benzene rings is 1. The van der Waals surface area contributed by atoms with Crippen LogP contribution >= 0.6 is 23.2 Å². The monoisotopic (exact) mass is 383 g/mol. The molecule has 1 N–H and O–H groups in total. The van der Waals surface area contributed by atoms with Crippen LogP contribution < -0.4 is 5.56 Å². The molecule has 0 saturated heterocycles. The molecule has 0 atom stereocenters. The Balaban J connectivity index is 2.45. The molecule has 0 saturated carbocycles. The van der Waals surface area contributed by atoms with Gasteiger partial charge in [0.25, 0.3) is 5.56 Å². The number of pyridine rings is 1. The third kappa shape index (κ3) is 4.70. The maximum absolute atomic E-state index is 12.5. The summed E-state index contributed by atoms with van der Waals surface area (Å²) in [4.78, 5) is 24.8. The van der Waals surface area contributed by atoms with E-state index in [0.29, 0.717) is 33.2 Å². The van der Waals surface area contributed by atoms with Gasteiger partial charge in [-0.2, -0.15) is 0 Å². The van der Waals surface area contributed by atoms with Crippen LogP contribution in [0.2, 0.25) is 10.0 Å². The summed E-state index contributed by atoms with van der Waals surface area (Å²) >= 11 is 12.2. The van der Waals surface area contributed by atoms with Crippen LogP contribution in [0.1, 0.15) is 27.0 Å². The van der Waals surface area contributed by atoms with Crippen molar-refractivity contribution in [2.45, 2.75) is 13.3 Å². The number of carbonyl (C=O) groups is 1. The Bertz CT molecular complexity index is 846. The third-order valence-corrected chi connectivity index (χ3v) is 4.48. The molecule has 1 heterocycles. The second kappa shape index (κ2) is 8.63. The van der Waals surface area contributed by atoms with E-state index in [9.17, 15) is 9.59 Å². The van der Waals surface area contributed by atoms with Crippen LogP contribution in [0.25, 0.3) is 0 Å². The van der Waals surface area contributed by atoms with E-state index in [4.69, 9.17) is 33.0 Å². The number of Topliss-reactive ketones (excluding diaryl/α,β-unsaturated/α-hetero) is 1. The van der Waals surface area contributed by atoms with E-state index < -0.39 is 0 Å². The van der Waals surface area contributed by atoms with Gasteiger partial charge in [0.05, 0.1) is 13.2 Å². The average molecular weight is 384 g/mol. The summed E-state index contributed by atoms with van der Waals surface area (Å²) in [6.07, 6.45) is 1.85. The molecule has 7 heteroatoms. The molecule has 0 radical (unpaired) electrons. The second-order valence-electron chi connectivity index (χ2n) is 5.67. The number of hydrogen-bond donors (Lipinski definition) is 1. The number of aliphatic hydroxyl groups excluding tert-OH is 1. The van der Waals surface area contributed by atoms with E-state index in [1.807, 2.05) is 0 Å². The largest absolute Gasteiger partial charge is 0.394 e. The molecule has 1 aromatic heterocycles. The van der Waals surface area contributed by atoms with Gasteiger partial charge in [-0.15, -0.1) is 0 Å². The van der Waals surface area contributed by atoms with Crippen molar-refractivity contribution in [2.24, 2.45) is 7.05 Å². The summed E-state index contributed by atoms with van der Waals surface area (Å²) in [6.45, 7) is 1.44. The normalized spacial score (nSPS) is 10.9. The zero-order valence-electron chi connectivity index (χ0n) is 14.0. The average Bonchev–Trinajstić information content (AvgIpc) is 2.57. The standard InChI is InChI=1S/C18H19Cl2NO4/c1-11-14(7-12-3-4-13(19)8-16(12)20)15(9-21(2)18(11)24)17(23)10-25-6-5-22/h3-4,8-9,22H,5-7,10H2,1-2H3. The molecule has 0 amide bonds. The zero-order valence-corrected chi connectivity index (χ0v) is 15.5. The summed E-state index contributed by atoms with van der Waals surface area (Å²) in [6, 6.07) is 5.11. The van der Waals surface area contributed by atoms with Gasteiger partial charge in [0.1, 0.15) is 6.61 Å². The number of aliphatic hydroxyl groups is 1. The first-order chi connectivity index (χ1) is 11.8. The van der Waals surface area contributed by atoms with Crippen LogP contribution in [0.15, 0.2) is 29.2 Å². The van der Waals surface area contributed by atoms with Crippen molar-refractivity contribution in [1.82, 2.24) is 4.57 Å². The number of nitrogens with zero attached hydrogens (tertiary/aromatic N) is 1. The highest BCUT2D eigenvalue weighted by Crippen LogP contribution is 2.25. The van der Waals surface area contributed by atoms with Gasteiger partial charge in [0, 0.05) is 40.8 Å². The molecular weight excluding hydrogens is 365 g/mol. The van der Waals surface area contributed by atoms with Gasteiger partial charge in [0.15, 0.2) is 5.78 Å². The Morgan fingerprint density at radius 3 is 2.68 bits per heavy atom. The second-order valence-corrected chi connectivity index (χ2v) is 6.52. The molecule has 0 fully saturated rings. The van der Waals surface area contributed by atoms with Crippen molar-refractivity contribution in [3.63, 3.8) is 0 Å². The van der Waals surface area contributed by atoms with Gasteiger partial charge in [-0.3, -0.25) is 9.59 Å². The molecular formula is C18H19Cl2NO4. The Morgan fingerprint density at radius 2 is 2.04 bits per heavy atom. The minimum atomic E-state index is -0.257. The Labute approximate surface area is 155 Å². The summed E-state index contributed by atoms with van der Waals surface area (Å²) in [5.74, 6) is -0.257. The SMILES string of the molecule is Cc1c(Cc2ccc(Cl)cc2Cl)c(C(=O)COCCO)cn(C)c1=O. The lowest BCUT2D eigenvalue weighted by Gasteiger charge is -2.15. The molecule has 25 heavy (non-hydrogen) atoms. The molecule has 5 nitrogen and oxygen atoms in total. The lowest BCUT2D eigenvalue weighted by Crippen LogP contribution is -2.25. The quantitative estimate of drug-likeness (QED) is 0.589. The van der Waals surface area contributed by atoms with Gasteiger partial charge < -0.3 is 14.4 Å². The van der Waals surface area contributed by atoms with E-state index in [2.05, 4.69) is 0 Å². The van der Waals surface area contributed by atoms with Gasteiger partial charge in [-0.1, -0.05) is 29.3 Å². The van der Waals surface area contributed by atoms with E-state index in [1.165, 1.54) is 10.8 Å². The number of halogens is 2.